The SMILES string of the molecule is C1=C(c2ccccc2)CCN(CCCCc2cn[nH]c2)C1. The molecule has 0 radical (unpaired) electrons. The number of aryl methyl sites for hydroxylation is 1. The number of aromatic nitrogens is 2. The number of unbranched alkanes of at least 4 members (excludes halogenated alkanes) is 1. The predicted octanol–water partition coefficient (Wildman–Crippen LogP) is 3.52. The first-order valence-electron chi connectivity index (χ1n) is 7.86. The number of hydrogen-bond acceptors (Lipinski definition) is 2. The third kappa shape index (κ3) is 4.05. The standard InChI is InChI=1S/C18H23N3/c1-2-7-17(8-3-1)18-9-12-21(13-10-18)11-5-4-6-16-14-19-20-15-16/h1-3,7-9,14-15H,4-6,10-13H2,(H,19,20). The van der Waals surface area contributed by atoms with Gasteiger partial charge in [0.2, 0.25) is 0 Å². The number of nitrogens with zero attached hydrogens (tertiary/aromatic N) is 2. The van der Waals surface area contributed by atoms with E-state index in [4.69, 9.17) is 0 Å². The molecule has 3 nitrogen and oxygen atoms in total. The smallest absolute Gasteiger partial charge is 0.0519 e. The van der Waals surface area contributed by atoms with Crippen molar-refractivity contribution < 1.29 is 0 Å². The van der Waals surface area contributed by atoms with E-state index < -0.39 is 0 Å². The molecule has 0 aliphatic carbocycles. The number of benzene rings is 1. The van der Waals surface area contributed by atoms with Gasteiger partial charge in [-0.15, -0.1) is 0 Å². The first kappa shape index (κ1) is 14.1. The molecular formula is C18H23N3. The van der Waals surface area contributed by atoms with Crippen LogP contribution in [0.3, 0.4) is 0 Å². The molecule has 0 unspecified atom stereocenters. The summed E-state index contributed by atoms with van der Waals surface area (Å²) in [5.41, 5.74) is 4.21. The normalized spacial score (nSPS) is 15.9. The zero-order chi connectivity index (χ0) is 14.3. The molecule has 3 rings (SSSR count). The van der Waals surface area contributed by atoms with E-state index in [1.165, 1.54) is 49.1 Å². The Labute approximate surface area is 126 Å². The van der Waals surface area contributed by atoms with E-state index in [2.05, 4.69) is 51.5 Å². The molecule has 1 N–H and O–H groups in total. The third-order valence-electron chi connectivity index (χ3n) is 4.18. The lowest BCUT2D eigenvalue weighted by Gasteiger charge is -2.26. The molecule has 2 heterocycles. The molecule has 1 aromatic carbocycles. The van der Waals surface area contributed by atoms with Crippen LogP contribution in [-0.4, -0.2) is 34.7 Å². The molecule has 0 saturated heterocycles. The lowest BCUT2D eigenvalue weighted by molar-refractivity contribution is 0.295. The van der Waals surface area contributed by atoms with Crippen LogP contribution in [0.5, 0.6) is 0 Å². The van der Waals surface area contributed by atoms with E-state index in [1.54, 1.807) is 0 Å². The van der Waals surface area contributed by atoms with Gasteiger partial charge in [-0.25, -0.2) is 0 Å². The molecule has 0 fully saturated rings. The Kier molecular flexibility index (Phi) is 4.85. The first-order valence-corrected chi connectivity index (χ1v) is 7.86. The number of hydrogen-bond donors (Lipinski definition) is 1. The number of aromatic amines is 1. The maximum absolute atomic E-state index is 3.98. The lowest BCUT2D eigenvalue weighted by atomic mass is 9.99. The highest BCUT2D eigenvalue weighted by molar-refractivity contribution is 5.66. The van der Waals surface area contributed by atoms with Crippen LogP contribution in [0.4, 0.5) is 0 Å². The molecule has 1 aromatic heterocycles. The van der Waals surface area contributed by atoms with Crippen molar-refractivity contribution in [3.05, 3.63) is 59.9 Å². The average molecular weight is 281 g/mol. The molecule has 1 aliphatic heterocycles. The van der Waals surface area contributed by atoms with Gasteiger partial charge in [0, 0.05) is 19.3 Å². The number of nitrogens with one attached hydrogen (secondary N) is 1. The van der Waals surface area contributed by atoms with Crippen LogP contribution in [-0.2, 0) is 6.42 Å². The lowest BCUT2D eigenvalue weighted by Crippen LogP contribution is -2.29. The quantitative estimate of drug-likeness (QED) is 0.822. The van der Waals surface area contributed by atoms with E-state index in [0.717, 1.165) is 13.0 Å². The number of rotatable bonds is 6. The maximum atomic E-state index is 3.98. The second kappa shape index (κ2) is 7.23. The van der Waals surface area contributed by atoms with Crippen LogP contribution in [0.25, 0.3) is 5.57 Å². The molecule has 3 heteroatoms. The zero-order valence-corrected chi connectivity index (χ0v) is 12.5. The van der Waals surface area contributed by atoms with Crippen molar-refractivity contribution in [3.8, 4) is 0 Å². The Morgan fingerprint density at radius 1 is 1.14 bits per heavy atom. The van der Waals surface area contributed by atoms with Crippen LogP contribution >= 0.6 is 0 Å². The summed E-state index contributed by atoms with van der Waals surface area (Å²) in [7, 11) is 0. The van der Waals surface area contributed by atoms with Crippen LogP contribution in [0.15, 0.2) is 48.8 Å². The minimum Gasteiger partial charge on any atom is -0.299 e. The Bertz CT molecular complexity index is 557. The van der Waals surface area contributed by atoms with E-state index >= 15 is 0 Å². The molecule has 110 valence electrons. The minimum atomic E-state index is 1.09. The summed E-state index contributed by atoms with van der Waals surface area (Å²) in [4.78, 5) is 2.56. The second-order valence-electron chi connectivity index (χ2n) is 5.71. The highest BCUT2D eigenvalue weighted by atomic mass is 15.1. The largest absolute Gasteiger partial charge is 0.299 e. The van der Waals surface area contributed by atoms with Crippen molar-refractivity contribution in [3.63, 3.8) is 0 Å². The molecule has 0 atom stereocenters. The fourth-order valence-electron chi connectivity index (χ4n) is 2.91. The van der Waals surface area contributed by atoms with Gasteiger partial charge >= 0.3 is 0 Å². The highest BCUT2D eigenvalue weighted by Gasteiger charge is 2.12. The summed E-state index contributed by atoms with van der Waals surface area (Å²) < 4.78 is 0. The van der Waals surface area contributed by atoms with E-state index in [0.29, 0.717) is 0 Å². The van der Waals surface area contributed by atoms with Gasteiger partial charge in [0.25, 0.3) is 0 Å². The van der Waals surface area contributed by atoms with Gasteiger partial charge in [0.15, 0.2) is 0 Å². The van der Waals surface area contributed by atoms with Gasteiger partial charge in [-0.3, -0.25) is 10.00 Å². The summed E-state index contributed by atoms with van der Waals surface area (Å²) in [5, 5.41) is 6.86. The molecule has 21 heavy (non-hydrogen) atoms. The van der Waals surface area contributed by atoms with Crippen molar-refractivity contribution in [1.29, 1.82) is 0 Å². The van der Waals surface area contributed by atoms with E-state index in [1.807, 2.05) is 12.4 Å². The Balaban J connectivity index is 1.40. The van der Waals surface area contributed by atoms with E-state index in [-0.39, 0.29) is 0 Å². The van der Waals surface area contributed by atoms with Crippen molar-refractivity contribution in [1.82, 2.24) is 15.1 Å². The van der Waals surface area contributed by atoms with Crippen molar-refractivity contribution in [2.45, 2.75) is 25.7 Å². The molecule has 0 saturated carbocycles. The maximum Gasteiger partial charge on any atom is 0.0519 e. The Hall–Kier alpha value is -1.87. The van der Waals surface area contributed by atoms with Crippen molar-refractivity contribution in [2.75, 3.05) is 19.6 Å². The van der Waals surface area contributed by atoms with Gasteiger partial charge in [-0.1, -0.05) is 36.4 Å². The topological polar surface area (TPSA) is 31.9 Å². The molecule has 2 aromatic rings. The van der Waals surface area contributed by atoms with E-state index in [9.17, 15) is 0 Å². The zero-order valence-electron chi connectivity index (χ0n) is 12.5. The molecule has 0 bridgehead atoms. The molecular weight excluding hydrogens is 258 g/mol. The third-order valence-corrected chi connectivity index (χ3v) is 4.18. The Morgan fingerprint density at radius 3 is 2.76 bits per heavy atom. The summed E-state index contributed by atoms with van der Waals surface area (Å²) in [6.07, 6.45) is 11.1. The van der Waals surface area contributed by atoms with Gasteiger partial charge in [-0.05, 0) is 48.9 Å². The van der Waals surface area contributed by atoms with Gasteiger partial charge in [-0.2, -0.15) is 5.10 Å². The monoisotopic (exact) mass is 281 g/mol. The highest BCUT2D eigenvalue weighted by Crippen LogP contribution is 2.22. The second-order valence-corrected chi connectivity index (χ2v) is 5.71. The Morgan fingerprint density at radius 2 is 2.05 bits per heavy atom. The molecule has 0 spiro atoms. The minimum absolute atomic E-state index is 1.09. The average Bonchev–Trinajstić information content (AvgIpc) is 3.06. The van der Waals surface area contributed by atoms with Gasteiger partial charge in [0.05, 0.1) is 6.20 Å². The summed E-state index contributed by atoms with van der Waals surface area (Å²) in [5.74, 6) is 0. The van der Waals surface area contributed by atoms with Crippen molar-refractivity contribution >= 4 is 5.57 Å². The summed E-state index contributed by atoms with van der Waals surface area (Å²) >= 11 is 0. The molecule has 1 aliphatic rings. The first-order chi connectivity index (χ1) is 10.4. The predicted molar refractivity (Wildman–Crippen MR) is 87.0 cm³/mol. The van der Waals surface area contributed by atoms with Crippen molar-refractivity contribution in [2.24, 2.45) is 0 Å². The van der Waals surface area contributed by atoms with Crippen LogP contribution in [0.2, 0.25) is 0 Å². The fraction of sp³-hybridized carbons (Fsp3) is 0.389. The fourth-order valence-corrected chi connectivity index (χ4v) is 2.91. The van der Waals surface area contributed by atoms with Gasteiger partial charge in [0.1, 0.15) is 0 Å². The van der Waals surface area contributed by atoms with Gasteiger partial charge < -0.3 is 0 Å². The van der Waals surface area contributed by atoms with Crippen LogP contribution in [0, 0.1) is 0 Å². The summed E-state index contributed by atoms with van der Waals surface area (Å²) in [6.45, 7) is 3.48. The summed E-state index contributed by atoms with van der Waals surface area (Å²) in [6, 6.07) is 10.8. The van der Waals surface area contributed by atoms with Crippen LogP contribution in [0.1, 0.15) is 30.4 Å². The molecule has 0 amide bonds. The van der Waals surface area contributed by atoms with Crippen LogP contribution < -0.4 is 0 Å². The number of H-pyrrole nitrogens is 1.